The van der Waals surface area contributed by atoms with Gasteiger partial charge in [-0.2, -0.15) is 0 Å². The smallest absolute Gasteiger partial charge is 0.230 e. The van der Waals surface area contributed by atoms with E-state index >= 15 is 0 Å². The Morgan fingerprint density at radius 1 is 1.35 bits per heavy atom. The van der Waals surface area contributed by atoms with Crippen LogP contribution >= 0.6 is 0 Å². The van der Waals surface area contributed by atoms with Gasteiger partial charge in [0.05, 0.1) is 5.41 Å². The van der Waals surface area contributed by atoms with E-state index in [2.05, 4.69) is 5.32 Å². The summed E-state index contributed by atoms with van der Waals surface area (Å²) >= 11 is 0. The minimum atomic E-state index is -0.445. The van der Waals surface area contributed by atoms with Crippen LogP contribution in [0.1, 0.15) is 38.2 Å². The summed E-state index contributed by atoms with van der Waals surface area (Å²) in [6, 6.07) is 6.32. The highest BCUT2D eigenvalue weighted by Crippen LogP contribution is 2.43. The summed E-state index contributed by atoms with van der Waals surface area (Å²) in [4.78, 5) is 12.4. The molecule has 0 radical (unpaired) electrons. The zero-order valence-electron chi connectivity index (χ0n) is 12.0. The van der Waals surface area contributed by atoms with E-state index in [1.54, 1.807) is 12.1 Å². The summed E-state index contributed by atoms with van der Waals surface area (Å²) in [5.74, 6) is -0.202. The van der Waals surface area contributed by atoms with Crippen LogP contribution < -0.4 is 5.32 Å². The van der Waals surface area contributed by atoms with Gasteiger partial charge in [-0.05, 0) is 43.9 Å². The molecule has 0 saturated heterocycles. The molecule has 0 aromatic heterocycles. The van der Waals surface area contributed by atoms with E-state index in [4.69, 9.17) is 4.74 Å². The maximum atomic E-state index is 13.0. The van der Waals surface area contributed by atoms with Crippen molar-refractivity contribution in [1.29, 1.82) is 0 Å². The van der Waals surface area contributed by atoms with Crippen LogP contribution in [0.5, 0.6) is 0 Å². The van der Waals surface area contributed by atoms with Gasteiger partial charge < -0.3 is 10.1 Å². The second-order valence-corrected chi connectivity index (χ2v) is 5.25. The van der Waals surface area contributed by atoms with Gasteiger partial charge in [-0.25, -0.2) is 4.39 Å². The number of rotatable bonds is 7. The van der Waals surface area contributed by atoms with Gasteiger partial charge in [-0.1, -0.05) is 18.6 Å². The molecule has 1 saturated carbocycles. The van der Waals surface area contributed by atoms with Crippen molar-refractivity contribution in [2.24, 2.45) is 0 Å². The zero-order valence-corrected chi connectivity index (χ0v) is 12.0. The second-order valence-electron chi connectivity index (χ2n) is 5.25. The molecule has 1 fully saturated rings. The first kappa shape index (κ1) is 15.0. The van der Waals surface area contributed by atoms with Crippen molar-refractivity contribution in [3.05, 3.63) is 35.6 Å². The lowest BCUT2D eigenvalue weighted by Gasteiger charge is -2.40. The molecule has 1 aromatic carbocycles. The second kappa shape index (κ2) is 6.84. The minimum absolute atomic E-state index is 0.0619. The molecular weight excluding hydrogens is 257 g/mol. The van der Waals surface area contributed by atoms with Crippen molar-refractivity contribution >= 4 is 5.91 Å². The van der Waals surface area contributed by atoms with Crippen LogP contribution in [0.4, 0.5) is 4.39 Å². The van der Waals surface area contributed by atoms with E-state index < -0.39 is 5.41 Å². The largest absolute Gasteiger partial charge is 0.382 e. The lowest BCUT2D eigenvalue weighted by atomic mass is 9.64. The van der Waals surface area contributed by atoms with Gasteiger partial charge in [0.25, 0.3) is 0 Å². The van der Waals surface area contributed by atoms with E-state index in [1.807, 2.05) is 6.92 Å². The highest BCUT2D eigenvalue weighted by atomic mass is 19.1. The molecule has 1 N–H and O–H groups in total. The third-order valence-electron chi connectivity index (χ3n) is 3.99. The molecule has 1 aliphatic carbocycles. The number of hydrogen-bond donors (Lipinski definition) is 1. The van der Waals surface area contributed by atoms with Crippen LogP contribution in [0, 0.1) is 5.82 Å². The Labute approximate surface area is 119 Å². The Balaban J connectivity index is 1.93. The Morgan fingerprint density at radius 3 is 2.60 bits per heavy atom. The minimum Gasteiger partial charge on any atom is -0.382 e. The number of halogens is 1. The van der Waals surface area contributed by atoms with E-state index in [0.29, 0.717) is 19.8 Å². The van der Waals surface area contributed by atoms with E-state index in [1.165, 1.54) is 12.1 Å². The number of carbonyl (C=O) groups is 1. The van der Waals surface area contributed by atoms with Crippen LogP contribution in [0.15, 0.2) is 24.3 Å². The average Bonchev–Trinajstić information content (AvgIpc) is 2.39. The summed E-state index contributed by atoms with van der Waals surface area (Å²) in [5, 5.41) is 2.98. The number of amides is 1. The van der Waals surface area contributed by atoms with Gasteiger partial charge in [0, 0.05) is 19.8 Å². The molecule has 0 spiro atoms. The van der Waals surface area contributed by atoms with Crippen LogP contribution in [0.25, 0.3) is 0 Å². The van der Waals surface area contributed by atoms with Gasteiger partial charge in [-0.3, -0.25) is 4.79 Å². The van der Waals surface area contributed by atoms with Crippen molar-refractivity contribution < 1.29 is 13.9 Å². The molecular formula is C16H22FNO2. The number of hydrogen-bond acceptors (Lipinski definition) is 2. The quantitative estimate of drug-likeness (QED) is 0.779. The van der Waals surface area contributed by atoms with Crippen LogP contribution in [-0.2, 0) is 14.9 Å². The average molecular weight is 279 g/mol. The fourth-order valence-electron chi connectivity index (χ4n) is 2.64. The fraction of sp³-hybridized carbons (Fsp3) is 0.562. The molecule has 0 unspecified atom stereocenters. The van der Waals surface area contributed by atoms with Gasteiger partial charge in [0.15, 0.2) is 0 Å². The first-order chi connectivity index (χ1) is 9.69. The van der Waals surface area contributed by atoms with Crippen molar-refractivity contribution in [1.82, 2.24) is 5.32 Å². The fourth-order valence-corrected chi connectivity index (χ4v) is 2.64. The van der Waals surface area contributed by atoms with E-state index in [0.717, 1.165) is 31.2 Å². The number of nitrogens with one attached hydrogen (secondary N) is 1. The van der Waals surface area contributed by atoms with Crippen molar-refractivity contribution in [3.8, 4) is 0 Å². The monoisotopic (exact) mass is 279 g/mol. The van der Waals surface area contributed by atoms with Crippen molar-refractivity contribution in [3.63, 3.8) is 0 Å². The lowest BCUT2D eigenvalue weighted by molar-refractivity contribution is -0.130. The lowest BCUT2D eigenvalue weighted by Crippen LogP contribution is -2.49. The molecule has 0 bridgehead atoms. The van der Waals surface area contributed by atoms with E-state index in [-0.39, 0.29) is 11.7 Å². The van der Waals surface area contributed by atoms with Crippen molar-refractivity contribution in [2.45, 2.75) is 38.0 Å². The first-order valence-electron chi connectivity index (χ1n) is 7.31. The molecule has 110 valence electrons. The maximum absolute atomic E-state index is 13.0. The predicted octanol–water partition coefficient (Wildman–Crippen LogP) is 2.79. The Kier molecular flexibility index (Phi) is 5.12. The summed E-state index contributed by atoms with van der Waals surface area (Å²) in [7, 11) is 0. The zero-order chi connectivity index (χ0) is 14.4. The molecule has 4 heteroatoms. The normalized spacial score (nSPS) is 16.5. The molecule has 3 nitrogen and oxygen atoms in total. The Bertz CT molecular complexity index is 440. The Hall–Kier alpha value is -1.42. The first-order valence-corrected chi connectivity index (χ1v) is 7.31. The van der Waals surface area contributed by atoms with Crippen LogP contribution in [0.2, 0.25) is 0 Å². The molecule has 20 heavy (non-hydrogen) atoms. The summed E-state index contributed by atoms with van der Waals surface area (Å²) < 4.78 is 18.3. The standard InChI is InChI=1S/C16H22FNO2/c1-2-20-12-4-11-18-15(19)16(9-3-10-16)13-5-7-14(17)8-6-13/h5-8H,2-4,9-12H2,1H3,(H,18,19). The number of carbonyl (C=O) groups excluding carboxylic acids is 1. The van der Waals surface area contributed by atoms with Gasteiger partial charge in [0.2, 0.25) is 5.91 Å². The highest BCUT2D eigenvalue weighted by Gasteiger charge is 2.45. The molecule has 0 atom stereocenters. The molecule has 0 aliphatic heterocycles. The maximum Gasteiger partial charge on any atom is 0.230 e. The highest BCUT2D eigenvalue weighted by molar-refractivity contribution is 5.89. The number of ether oxygens (including phenoxy) is 1. The molecule has 1 amide bonds. The predicted molar refractivity (Wildman–Crippen MR) is 76.0 cm³/mol. The van der Waals surface area contributed by atoms with E-state index in [9.17, 15) is 9.18 Å². The topological polar surface area (TPSA) is 38.3 Å². The summed E-state index contributed by atoms with van der Waals surface area (Å²) in [6.45, 7) is 3.95. The Morgan fingerprint density at radius 2 is 2.05 bits per heavy atom. The SMILES string of the molecule is CCOCCCNC(=O)C1(c2ccc(F)cc2)CCC1. The third-order valence-corrected chi connectivity index (χ3v) is 3.99. The summed E-state index contributed by atoms with van der Waals surface area (Å²) in [5.41, 5.74) is 0.478. The molecule has 2 rings (SSSR count). The summed E-state index contributed by atoms with van der Waals surface area (Å²) in [6.07, 6.45) is 3.55. The third kappa shape index (κ3) is 3.18. The van der Waals surface area contributed by atoms with Gasteiger partial charge >= 0.3 is 0 Å². The van der Waals surface area contributed by atoms with Crippen LogP contribution in [-0.4, -0.2) is 25.7 Å². The van der Waals surface area contributed by atoms with Crippen LogP contribution in [0.3, 0.4) is 0 Å². The van der Waals surface area contributed by atoms with Crippen molar-refractivity contribution in [2.75, 3.05) is 19.8 Å². The molecule has 1 aliphatic rings. The molecule has 0 heterocycles. The van der Waals surface area contributed by atoms with Gasteiger partial charge in [0.1, 0.15) is 5.82 Å². The molecule has 1 aromatic rings. The number of benzene rings is 1. The van der Waals surface area contributed by atoms with Gasteiger partial charge in [-0.15, -0.1) is 0 Å².